The summed E-state index contributed by atoms with van der Waals surface area (Å²) in [6, 6.07) is 0. The van der Waals surface area contributed by atoms with E-state index in [1.54, 1.807) is 0 Å². The first-order valence-electron chi connectivity index (χ1n) is 0. The normalized spacial score (nSPS) is 0. The van der Waals surface area contributed by atoms with E-state index in [0.717, 1.165) is 0 Å². The number of rotatable bonds is 0. The topological polar surface area (TPSA) is 0 Å². The molecule has 0 aliphatic heterocycles. The summed E-state index contributed by atoms with van der Waals surface area (Å²) < 4.78 is 0. The molecule has 5 heteroatoms. The van der Waals surface area contributed by atoms with Crippen molar-refractivity contribution in [3.63, 3.8) is 0 Å². The van der Waals surface area contributed by atoms with Gasteiger partial charge in [0.1, 0.15) is 0 Å². The van der Waals surface area contributed by atoms with E-state index in [1.807, 2.05) is 0 Å². The van der Waals surface area contributed by atoms with Crippen molar-refractivity contribution in [3.05, 3.63) is 0 Å². The Hall–Kier alpha value is 2.61. The maximum atomic E-state index is 0. The first kappa shape index (κ1) is 48.8. The summed E-state index contributed by atoms with van der Waals surface area (Å²) >= 11 is 0. The molecule has 1 radical (unpaired) electrons. The molecule has 0 aromatic carbocycles. The minimum absolute atomic E-state index is 0. The van der Waals surface area contributed by atoms with Gasteiger partial charge in [0.25, 0.3) is 0 Å². The molecule has 0 aromatic rings. The molecule has 0 saturated heterocycles. The van der Waals surface area contributed by atoms with Crippen molar-refractivity contribution in [2.75, 3.05) is 0 Å². The summed E-state index contributed by atoms with van der Waals surface area (Å²) in [6.07, 6.45) is 0. The van der Waals surface area contributed by atoms with Crippen LogP contribution < -0.4 is 0 Å². The molecule has 0 amide bonds. The molecule has 0 spiro atoms. The minimum atomic E-state index is 0. The van der Waals surface area contributed by atoms with Crippen LogP contribution in [0.3, 0.4) is 0 Å². The Balaban J connectivity index is 0. The third-order valence-corrected chi connectivity index (χ3v) is 0. The molecule has 0 bridgehead atoms. The van der Waals surface area contributed by atoms with E-state index in [1.165, 1.54) is 0 Å². The van der Waals surface area contributed by atoms with Crippen LogP contribution in [0.1, 0.15) is 0 Å². The predicted molar refractivity (Wildman–Crippen MR) is 11.1 cm³/mol. The molecule has 0 saturated carbocycles. The van der Waals surface area contributed by atoms with Crippen molar-refractivity contribution < 1.29 is 70.8 Å². The monoisotopic (exact) mass is 393 g/mol. The van der Waals surface area contributed by atoms with E-state index >= 15 is 0 Å². The van der Waals surface area contributed by atoms with Gasteiger partial charge in [0.15, 0.2) is 0 Å². The van der Waals surface area contributed by atoms with Crippen molar-refractivity contribution in [1.29, 1.82) is 0 Å². The molecule has 0 heterocycles. The third kappa shape index (κ3) is 20.6. The van der Waals surface area contributed by atoms with E-state index < -0.39 is 0 Å². The van der Waals surface area contributed by atoms with Gasteiger partial charge in [-0.3, -0.25) is 0 Å². The fraction of sp³-hybridized carbons (Fsp3) is 0. The maximum Gasteiger partial charge on any atom is 0 e. The summed E-state index contributed by atoms with van der Waals surface area (Å²) in [4.78, 5) is 0. The quantitative estimate of drug-likeness (QED) is 0.403. The Morgan fingerprint density at radius 3 is 0.800 bits per heavy atom. The zero-order chi connectivity index (χ0) is 0. The van der Waals surface area contributed by atoms with Crippen LogP contribution in [0.5, 0.6) is 0 Å². The van der Waals surface area contributed by atoms with Gasteiger partial charge in [-0.05, 0) is 0 Å². The molecule has 0 aromatic heterocycles. The average molecular weight is 394 g/mol. The van der Waals surface area contributed by atoms with Gasteiger partial charge in [-0.15, -0.1) is 0 Å². The number of hydrogen-bond donors (Lipinski definition) is 0. The smallest absolute Gasteiger partial charge is 0 e. The standard InChI is InChI=1S/Co.2Ni.H3P.W/h;;;1H3;. The Morgan fingerprint density at radius 2 is 0.800 bits per heavy atom. The van der Waals surface area contributed by atoms with Crippen LogP contribution in [0.15, 0.2) is 0 Å². The van der Waals surface area contributed by atoms with Crippen molar-refractivity contribution in [2.24, 2.45) is 0 Å². The molecule has 0 rings (SSSR count). The molecule has 1 atom stereocenters. The van der Waals surface area contributed by atoms with Crippen LogP contribution in [0.4, 0.5) is 0 Å². The predicted octanol–water partition coefficient (Wildman–Crippen LogP) is 0.0481. The first-order chi connectivity index (χ1) is 0. The van der Waals surface area contributed by atoms with E-state index in [9.17, 15) is 0 Å². The molecular formula is H3CoNi2PW. The summed E-state index contributed by atoms with van der Waals surface area (Å²) in [5.74, 6) is 0. The fourth-order valence-electron chi connectivity index (χ4n) is 0. The van der Waals surface area contributed by atoms with Crippen molar-refractivity contribution in [1.82, 2.24) is 0 Å². The van der Waals surface area contributed by atoms with E-state index in [-0.39, 0.29) is 80.7 Å². The second-order valence-electron chi connectivity index (χ2n) is 0. The second-order valence-corrected chi connectivity index (χ2v) is 0. The Labute approximate surface area is 79.9 Å². The average Bonchev–Trinajstić information content (AvgIpc) is 0. The summed E-state index contributed by atoms with van der Waals surface area (Å²) in [5, 5.41) is 0. The van der Waals surface area contributed by atoms with Crippen LogP contribution >= 0.6 is 9.90 Å². The minimum Gasteiger partial charge on any atom is -0.153 e. The molecule has 0 aliphatic rings. The van der Waals surface area contributed by atoms with Crippen LogP contribution in [0.2, 0.25) is 0 Å². The van der Waals surface area contributed by atoms with Crippen molar-refractivity contribution in [3.8, 4) is 0 Å². The zero-order valence-corrected chi connectivity index (χ0v) is 9.45. The SMILES string of the molecule is P.[Co].[Ni].[Ni].[W]. The summed E-state index contributed by atoms with van der Waals surface area (Å²) in [7, 11) is 0. The van der Waals surface area contributed by atoms with E-state index in [2.05, 4.69) is 0 Å². The van der Waals surface area contributed by atoms with Gasteiger partial charge in [-0.25, -0.2) is 0 Å². The van der Waals surface area contributed by atoms with Crippen molar-refractivity contribution in [2.45, 2.75) is 0 Å². The third-order valence-electron chi connectivity index (χ3n) is 0. The maximum absolute atomic E-state index is 0. The van der Waals surface area contributed by atoms with Gasteiger partial charge in [0, 0.05) is 70.8 Å². The molecule has 0 N–H and O–H groups in total. The first-order valence-corrected chi connectivity index (χ1v) is 0. The molecule has 0 nitrogen and oxygen atoms in total. The van der Waals surface area contributed by atoms with Crippen LogP contribution in [-0.2, 0) is 70.8 Å². The summed E-state index contributed by atoms with van der Waals surface area (Å²) in [5.41, 5.74) is 0. The largest absolute Gasteiger partial charge is 0.153 e. The van der Waals surface area contributed by atoms with Gasteiger partial charge in [-0.1, -0.05) is 0 Å². The van der Waals surface area contributed by atoms with E-state index in [0.29, 0.717) is 0 Å². The molecule has 5 heavy (non-hydrogen) atoms. The molecule has 43 valence electrons. The van der Waals surface area contributed by atoms with E-state index in [4.69, 9.17) is 0 Å². The van der Waals surface area contributed by atoms with Crippen LogP contribution in [-0.4, -0.2) is 0 Å². The fourth-order valence-corrected chi connectivity index (χ4v) is 0. The van der Waals surface area contributed by atoms with Gasteiger partial charge < -0.3 is 0 Å². The second kappa shape index (κ2) is 30.5. The zero-order valence-electron chi connectivity index (χ0n) is 2.08. The van der Waals surface area contributed by atoms with Crippen molar-refractivity contribution >= 4 is 9.90 Å². The molecule has 0 fully saturated rings. The molecule has 1 unspecified atom stereocenters. The van der Waals surface area contributed by atoms with Gasteiger partial charge in [0.2, 0.25) is 0 Å². The van der Waals surface area contributed by atoms with Crippen LogP contribution in [0, 0.1) is 0 Å². The van der Waals surface area contributed by atoms with Gasteiger partial charge in [0.05, 0.1) is 0 Å². The van der Waals surface area contributed by atoms with Crippen LogP contribution in [0.25, 0.3) is 0 Å². The number of hydrogen-bond acceptors (Lipinski definition) is 0. The molecule has 0 aliphatic carbocycles. The molecular weight excluding hydrogens is 391 g/mol. The summed E-state index contributed by atoms with van der Waals surface area (Å²) in [6.45, 7) is 0. The van der Waals surface area contributed by atoms with Gasteiger partial charge in [-0.2, -0.15) is 9.90 Å². The Bertz CT molecular complexity index is 9.61. The van der Waals surface area contributed by atoms with Gasteiger partial charge >= 0.3 is 0 Å². The Morgan fingerprint density at radius 1 is 0.800 bits per heavy atom. The Kier molecular flexibility index (Phi) is 298.